The number of piperidine rings is 1. The molecule has 1 aliphatic heterocycles. The zero-order chi connectivity index (χ0) is 13.0. The molecule has 0 atom stereocenters. The van der Waals surface area contributed by atoms with Crippen molar-refractivity contribution < 1.29 is 17.9 Å². The Morgan fingerprint density at radius 3 is 2.63 bits per heavy atom. The van der Waals surface area contributed by atoms with Crippen LogP contribution in [0.25, 0.3) is 0 Å². The van der Waals surface area contributed by atoms with Gasteiger partial charge in [0.15, 0.2) is 0 Å². The molecule has 0 aliphatic carbocycles. The lowest BCUT2D eigenvalue weighted by molar-refractivity contribution is -0.139. The van der Waals surface area contributed by atoms with Crippen molar-refractivity contribution in [3.05, 3.63) is 23.9 Å². The van der Waals surface area contributed by atoms with Crippen molar-refractivity contribution in [2.75, 3.05) is 19.7 Å². The van der Waals surface area contributed by atoms with Gasteiger partial charge in [-0.05, 0) is 44.0 Å². The highest BCUT2D eigenvalue weighted by Gasteiger charge is 2.35. The minimum atomic E-state index is -4.42. The van der Waals surface area contributed by atoms with Gasteiger partial charge in [0.1, 0.15) is 5.56 Å². The van der Waals surface area contributed by atoms with Crippen LogP contribution in [0.3, 0.4) is 0 Å². The molecule has 2 heterocycles. The monoisotopic (exact) mass is 296 g/mol. The third kappa shape index (κ3) is 4.54. The predicted octanol–water partition coefficient (Wildman–Crippen LogP) is 2.90. The molecule has 7 heteroatoms. The average Bonchev–Trinajstić information content (AvgIpc) is 2.37. The first-order valence-electron chi connectivity index (χ1n) is 5.93. The summed E-state index contributed by atoms with van der Waals surface area (Å²) >= 11 is 0. The summed E-state index contributed by atoms with van der Waals surface area (Å²) < 4.78 is 43.3. The minimum Gasteiger partial charge on any atom is -0.477 e. The first kappa shape index (κ1) is 16.0. The summed E-state index contributed by atoms with van der Waals surface area (Å²) in [6, 6.07) is 2.25. The Morgan fingerprint density at radius 1 is 1.32 bits per heavy atom. The van der Waals surface area contributed by atoms with E-state index in [4.69, 9.17) is 4.74 Å². The van der Waals surface area contributed by atoms with Crippen LogP contribution in [0.4, 0.5) is 13.2 Å². The molecule has 0 unspecified atom stereocenters. The Hall–Kier alpha value is -1.01. The fourth-order valence-electron chi connectivity index (χ4n) is 1.97. The number of pyridine rings is 1. The highest BCUT2D eigenvalue weighted by Crippen LogP contribution is 2.34. The maximum Gasteiger partial charge on any atom is 0.421 e. The summed E-state index contributed by atoms with van der Waals surface area (Å²) in [4.78, 5) is 3.67. The third-order valence-electron chi connectivity index (χ3n) is 2.99. The van der Waals surface area contributed by atoms with E-state index in [1.54, 1.807) is 0 Å². The van der Waals surface area contributed by atoms with Crippen LogP contribution >= 0.6 is 12.4 Å². The molecule has 108 valence electrons. The molecule has 0 bridgehead atoms. The number of nitrogens with one attached hydrogen (secondary N) is 1. The van der Waals surface area contributed by atoms with E-state index in [1.165, 1.54) is 12.3 Å². The molecular formula is C12H16ClF3N2O. The summed E-state index contributed by atoms with van der Waals surface area (Å²) in [5.41, 5.74) is -0.807. The van der Waals surface area contributed by atoms with Gasteiger partial charge < -0.3 is 10.1 Å². The SMILES string of the molecule is Cl.FC(F)(F)c1cccnc1OCC1CCNCC1. The summed E-state index contributed by atoms with van der Waals surface area (Å²) in [7, 11) is 0. The number of rotatable bonds is 3. The molecule has 1 saturated heterocycles. The van der Waals surface area contributed by atoms with Gasteiger partial charge in [-0.2, -0.15) is 13.2 Å². The lowest BCUT2D eigenvalue weighted by Crippen LogP contribution is -2.30. The Morgan fingerprint density at radius 2 is 2.00 bits per heavy atom. The predicted molar refractivity (Wildman–Crippen MR) is 67.6 cm³/mol. The fraction of sp³-hybridized carbons (Fsp3) is 0.583. The Kier molecular flexibility index (Phi) is 5.87. The number of halogens is 4. The highest BCUT2D eigenvalue weighted by atomic mass is 35.5. The third-order valence-corrected chi connectivity index (χ3v) is 2.99. The number of aromatic nitrogens is 1. The molecule has 0 aromatic carbocycles. The van der Waals surface area contributed by atoms with Gasteiger partial charge in [-0.1, -0.05) is 0 Å². The summed E-state index contributed by atoms with van der Waals surface area (Å²) in [5, 5.41) is 3.20. The quantitative estimate of drug-likeness (QED) is 0.931. The van der Waals surface area contributed by atoms with Gasteiger partial charge in [-0.15, -0.1) is 12.4 Å². The molecule has 0 spiro atoms. The maximum atomic E-state index is 12.7. The van der Waals surface area contributed by atoms with E-state index in [0.717, 1.165) is 32.0 Å². The lowest BCUT2D eigenvalue weighted by Gasteiger charge is -2.23. The van der Waals surface area contributed by atoms with Crippen LogP contribution in [0.1, 0.15) is 18.4 Å². The minimum absolute atomic E-state index is 0. The Labute approximate surface area is 116 Å². The van der Waals surface area contributed by atoms with Crippen molar-refractivity contribution in [3.63, 3.8) is 0 Å². The first-order valence-corrected chi connectivity index (χ1v) is 5.93. The molecule has 1 aromatic rings. The van der Waals surface area contributed by atoms with Gasteiger partial charge in [0.05, 0.1) is 6.61 Å². The van der Waals surface area contributed by atoms with Crippen LogP contribution in [-0.4, -0.2) is 24.7 Å². The van der Waals surface area contributed by atoms with Crippen molar-refractivity contribution in [3.8, 4) is 5.88 Å². The topological polar surface area (TPSA) is 34.1 Å². The van der Waals surface area contributed by atoms with Crippen LogP contribution in [0.5, 0.6) is 5.88 Å². The van der Waals surface area contributed by atoms with E-state index in [2.05, 4.69) is 10.3 Å². The van der Waals surface area contributed by atoms with Gasteiger partial charge in [0.25, 0.3) is 0 Å². The van der Waals surface area contributed by atoms with Crippen molar-refractivity contribution in [2.45, 2.75) is 19.0 Å². The zero-order valence-corrected chi connectivity index (χ0v) is 11.1. The summed E-state index contributed by atoms with van der Waals surface area (Å²) in [6.07, 6.45) is -1.26. The molecule has 0 radical (unpaired) electrons. The van der Waals surface area contributed by atoms with Crippen molar-refractivity contribution >= 4 is 12.4 Å². The largest absolute Gasteiger partial charge is 0.477 e. The average molecular weight is 297 g/mol. The first-order chi connectivity index (χ1) is 8.57. The summed E-state index contributed by atoms with van der Waals surface area (Å²) in [6.45, 7) is 2.08. The normalized spacial score (nSPS) is 16.8. The van der Waals surface area contributed by atoms with Crippen LogP contribution in [0, 0.1) is 5.92 Å². The van der Waals surface area contributed by atoms with Crippen LogP contribution in [-0.2, 0) is 6.18 Å². The number of hydrogen-bond donors (Lipinski definition) is 1. The smallest absolute Gasteiger partial charge is 0.421 e. The van der Waals surface area contributed by atoms with Gasteiger partial charge >= 0.3 is 6.18 Å². The number of ether oxygens (including phenoxy) is 1. The van der Waals surface area contributed by atoms with Crippen molar-refractivity contribution in [1.82, 2.24) is 10.3 Å². The van der Waals surface area contributed by atoms with Gasteiger partial charge in [-0.25, -0.2) is 4.98 Å². The fourth-order valence-corrected chi connectivity index (χ4v) is 1.97. The molecule has 19 heavy (non-hydrogen) atoms. The lowest BCUT2D eigenvalue weighted by atomic mass is 9.99. The molecular weight excluding hydrogens is 281 g/mol. The number of alkyl halides is 3. The van der Waals surface area contributed by atoms with E-state index in [9.17, 15) is 13.2 Å². The Balaban J connectivity index is 0.00000180. The zero-order valence-electron chi connectivity index (χ0n) is 10.2. The molecule has 3 nitrogen and oxygen atoms in total. The number of hydrogen-bond acceptors (Lipinski definition) is 3. The van der Waals surface area contributed by atoms with Crippen LogP contribution in [0.2, 0.25) is 0 Å². The molecule has 0 saturated carbocycles. The second-order valence-electron chi connectivity index (χ2n) is 4.36. The van der Waals surface area contributed by atoms with Gasteiger partial charge in [-0.3, -0.25) is 0 Å². The standard InChI is InChI=1S/C12H15F3N2O.ClH/c13-12(14,15)10-2-1-5-17-11(10)18-8-9-3-6-16-7-4-9;/h1-2,5,9,16H,3-4,6-8H2;1H. The van der Waals surface area contributed by atoms with E-state index in [1.807, 2.05) is 0 Å². The van der Waals surface area contributed by atoms with Gasteiger partial charge in [0.2, 0.25) is 5.88 Å². The molecule has 0 amide bonds. The molecule has 1 aliphatic rings. The molecule has 1 fully saturated rings. The highest BCUT2D eigenvalue weighted by molar-refractivity contribution is 5.85. The van der Waals surface area contributed by atoms with E-state index >= 15 is 0 Å². The van der Waals surface area contributed by atoms with E-state index in [0.29, 0.717) is 12.5 Å². The molecule has 1 N–H and O–H groups in total. The van der Waals surface area contributed by atoms with Gasteiger partial charge in [0, 0.05) is 6.20 Å². The van der Waals surface area contributed by atoms with E-state index < -0.39 is 11.7 Å². The Bertz CT molecular complexity index is 395. The molecule has 2 rings (SSSR count). The number of nitrogens with zero attached hydrogens (tertiary/aromatic N) is 1. The van der Waals surface area contributed by atoms with Crippen LogP contribution < -0.4 is 10.1 Å². The van der Waals surface area contributed by atoms with E-state index in [-0.39, 0.29) is 18.3 Å². The van der Waals surface area contributed by atoms with Crippen molar-refractivity contribution in [1.29, 1.82) is 0 Å². The second-order valence-corrected chi connectivity index (χ2v) is 4.36. The molecule has 1 aromatic heterocycles. The van der Waals surface area contributed by atoms with Crippen LogP contribution in [0.15, 0.2) is 18.3 Å². The maximum absolute atomic E-state index is 12.7. The second kappa shape index (κ2) is 6.96. The van der Waals surface area contributed by atoms with Crippen molar-refractivity contribution in [2.24, 2.45) is 5.92 Å². The summed E-state index contributed by atoms with van der Waals surface area (Å²) in [5.74, 6) is -0.0159.